The molecule has 1 fully saturated rings. The highest BCUT2D eigenvalue weighted by atomic mass is 79.9. The van der Waals surface area contributed by atoms with Gasteiger partial charge >= 0.3 is 0 Å². The number of fused-ring (bicyclic) bond motifs is 1. The van der Waals surface area contributed by atoms with E-state index < -0.39 is 22.2 Å². The molecule has 2 heterocycles. The highest BCUT2D eigenvalue weighted by Crippen LogP contribution is 2.32. The molecule has 0 radical (unpaired) electrons. The number of nitrogens with one attached hydrogen (secondary N) is 1. The number of benzene rings is 3. The molecule has 0 unspecified atom stereocenters. The Hall–Kier alpha value is -2.47. The molecule has 0 spiro atoms. The zero-order valence-electron chi connectivity index (χ0n) is 21.0. The average Bonchev–Trinajstić information content (AvgIpc) is 3.38. The number of aliphatic hydroxyl groups excluding tert-OH is 1. The summed E-state index contributed by atoms with van der Waals surface area (Å²) >= 11 is 3.35. The maximum Gasteiger partial charge on any atom is 0.240 e. The number of nitrogens with zero attached hydrogens (tertiary/aromatic N) is 2. The summed E-state index contributed by atoms with van der Waals surface area (Å²) in [6.07, 6.45) is -0.484. The summed E-state index contributed by atoms with van der Waals surface area (Å²) < 4.78 is 40.8. The Morgan fingerprint density at radius 2 is 1.55 bits per heavy atom. The van der Waals surface area contributed by atoms with Gasteiger partial charge in [-0.2, -0.15) is 0 Å². The van der Waals surface area contributed by atoms with E-state index >= 15 is 0 Å². The van der Waals surface area contributed by atoms with Crippen molar-refractivity contribution in [1.29, 1.82) is 0 Å². The summed E-state index contributed by atoms with van der Waals surface area (Å²) in [5, 5.41) is 11.3. The minimum atomic E-state index is -3.81. The van der Waals surface area contributed by atoms with Crippen LogP contribution in [0.2, 0.25) is 0 Å². The van der Waals surface area contributed by atoms with E-state index in [-0.39, 0.29) is 11.7 Å². The number of hydrogen-bond donors (Lipinski definition) is 2. The van der Waals surface area contributed by atoms with Gasteiger partial charge in [-0.25, -0.2) is 13.1 Å². The Morgan fingerprint density at radius 1 is 0.868 bits per heavy atom. The van der Waals surface area contributed by atoms with Crippen molar-refractivity contribution in [2.24, 2.45) is 0 Å². The second-order valence-corrected chi connectivity index (χ2v) is 12.3. The number of sulfonamides is 1. The summed E-state index contributed by atoms with van der Waals surface area (Å²) in [4.78, 5) is 4.74. The number of aliphatic hydroxyl groups is 1. The fraction of sp³-hybridized carbons (Fsp3) is 0.357. The van der Waals surface area contributed by atoms with Crippen molar-refractivity contribution in [2.45, 2.75) is 30.0 Å². The third kappa shape index (κ3) is 6.93. The number of piperazine rings is 1. The third-order valence-corrected chi connectivity index (χ3v) is 8.98. The van der Waals surface area contributed by atoms with Crippen molar-refractivity contribution in [3.63, 3.8) is 0 Å². The van der Waals surface area contributed by atoms with Crippen LogP contribution in [-0.4, -0.2) is 75.0 Å². The van der Waals surface area contributed by atoms with Crippen LogP contribution in [0.1, 0.15) is 11.1 Å². The molecule has 1 saturated heterocycles. The van der Waals surface area contributed by atoms with Gasteiger partial charge in [-0.15, -0.1) is 0 Å². The predicted molar refractivity (Wildman–Crippen MR) is 149 cm³/mol. The van der Waals surface area contributed by atoms with Gasteiger partial charge in [0, 0.05) is 43.7 Å². The standard InChI is InChI=1S/C28H32BrN3O5S/c29-23-7-9-24(10-8-23)38(34,35)30-25(16-21-4-2-1-3-5-21)26(33)19-32-14-12-31(13-15-32)18-22-6-11-27-28(17-22)37-20-36-27/h1-11,17,25-26,30,33H,12-16,18-20H2/t25-,26+/m0/s1. The maximum absolute atomic E-state index is 13.2. The zero-order chi connectivity index (χ0) is 26.5. The highest BCUT2D eigenvalue weighted by molar-refractivity contribution is 9.10. The van der Waals surface area contributed by atoms with Gasteiger partial charge in [-0.1, -0.05) is 52.3 Å². The van der Waals surface area contributed by atoms with Gasteiger partial charge in [0.25, 0.3) is 0 Å². The molecule has 3 aromatic rings. The van der Waals surface area contributed by atoms with Crippen LogP contribution in [0.15, 0.2) is 82.2 Å². The van der Waals surface area contributed by atoms with Gasteiger partial charge in [0.2, 0.25) is 16.8 Å². The molecule has 2 aliphatic heterocycles. The normalized spacial score (nSPS) is 17.8. The molecule has 0 bridgehead atoms. The van der Waals surface area contributed by atoms with Gasteiger partial charge in [0.15, 0.2) is 11.5 Å². The van der Waals surface area contributed by atoms with Crippen LogP contribution >= 0.6 is 15.9 Å². The van der Waals surface area contributed by atoms with Crippen molar-refractivity contribution < 1.29 is 23.0 Å². The van der Waals surface area contributed by atoms with E-state index in [9.17, 15) is 13.5 Å². The summed E-state index contributed by atoms with van der Waals surface area (Å²) in [6, 6.07) is 21.5. The second kappa shape index (κ2) is 12.1. The molecule has 38 heavy (non-hydrogen) atoms. The second-order valence-electron chi connectivity index (χ2n) is 9.70. The number of hydrogen-bond acceptors (Lipinski definition) is 7. The summed E-state index contributed by atoms with van der Waals surface area (Å²) in [7, 11) is -3.81. The van der Waals surface area contributed by atoms with E-state index in [1.807, 2.05) is 42.5 Å². The molecule has 0 aliphatic carbocycles. The molecule has 8 nitrogen and oxygen atoms in total. The van der Waals surface area contributed by atoms with Crippen LogP contribution in [0, 0.1) is 0 Å². The Labute approximate surface area is 232 Å². The van der Waals surface area contributed by atoms with E-state index in [0.717, 1.165) is 54.3 Å². The first-order chi connectivity index (χ1) is 18.4. The minimum absolute atomic E-state index is 0.170. The fourth-order valence-corrected chi connectivity index (χ4v) is 6.36. The predicted octanol–water partition coefficient (Wildman–Crippen LogP) is 3.25. The van der Waals surface area contributed by atoms with Crippen molar-refractivity contribution in [1.82, 2.24) is 14.5 Å². The molecule has 3 aromatic carbocycles. The van der Waals surface area contributed by atoms with Gasteiger partial charge in [0.05, 0.1) is 17.0 Å². The first kappa shape index (κ1) is 27.1. The Balaban J connectivity index is 1.20. The lowest BCUT2D eigenvalue weighted by molar-refractivity contribution is 0.0549. The summed E-state index contributed by atoms with van der Waals surface area (Å²) in [6.45, 7) is 4.77. The Kier molecular flexibility index (Phi) is 8.67. The third-order valence-electron chi connectivity index (χ3n) is 6.95. The number of ether oxygens (including phenoxy) is 2. The lowest BCUT2D eigenvalue weighted by Gasteiger charge is -2.37. The quantitative estimate of drug-likeness (QED) is 0.368. The Morgan fingerprint density at radius 3 is 2.29 bits per heavy atom. The van der Waals surface area contributed by atoms with Crippen LogP contribution in [0.5, 0.6) is 11.5 Å². The Bertz CT molecular complexity index is 1320. The van der Waals surface area contributed by atoms with Crippen molar-refractivity contribution in [3.8, 4) is 11.5 Å². The first-order valence-corrected chi connectivity index (χ1v) is 15.0. The first-order valence-electron chi connectivity index (χ1n) is 12.7. The van der Waals surface area contributed by atoms with Crippen molar-refractivity contribution in [2.75, 3.05) is 39.5 Å². The molecule has 0 saturated carbocycles. The molecular formula is C28H32BrN3O5S. The van der Waals surface area contributed by atoms with Gasteiger partial charge in [-0.3, -0.25) is 9.80 Å². The smallest absolute Gasteiger partial charge is 0.240 e. The van der Waals surface area contributed by atoms with Crippen molar-refractivity contribution in [3.05, 3.63) is 88.4 Å². The summed E-state index contributed by atoms with van der Waals surface area (Å²) in [5.74, 6) is 1.58. The monoisotopic (exact) mass is 601 g/mol. The molecule has 2 atom stereocenters. The van der Waals surface area contributed by atoms with Gasteiger partial charge < -0.3 is 14.6 Å². The molecule has 2 N–H and O–H groups in total. The average molecular weight is 603 g/mol. The van der Waals surface area contributed by atoms with Crippen molar-refractivity contribution >= 4 is 26.0 Å². The highest BCUT2D eigenvalue weighted by Gasteiger charge is 2.29. The number of rotatable bonds is 10. The molecule has 5 rings (SSSR count). The topological polar surface area (TPSA) is 91.3 Å². The van der Waals surface area contributed by atoms with Crippen LogP contribution in [0.25, 0.3) is 0 Å². The molecule has 10 heteroatoms. The maximum atomic E-state index is 13.2. The number of halogens is 1. The molecule has 0 aromatic heterocycles. The largest absolute Gasteiger partial charge is 0.454 e. The van der Waals surface area contributed by atoms with Gasteiger partial charge in [-0.05, 0) is 53.9 Å². The van der Waals surface area contributed by atoms with E-state index in [1.165, 1.54) is 5.56 Å². The lowest BCUT2D eigenvalue weighted by Crippen LogP contribution is -2.53. The molecule has 2 aliphatic rings. The fourth-order valence-electron chi connectivity index (χ4n) is 4.82. The van der Waals surface area contributed by atoms with E-state index in [2.05, 4.69) is 36.5 Å². The van der Waals surface area contributed by atoms with E-state index in [4.69, 9.17) is 9.47 Å². The van der Waals surface area contributed by atoms with Crippen LogP contribution < -0.4 is 14.2 Å². The minimum Gasteiger partial charge on any atom is -0.454 e. The lowest BCUT2D eigenvalue weighted by atomic mass is 10.0. The summed E-state index contributed by atoms with van der Waals surface area (Å²) in [5.41, 5.74) is 2.14. The van der Waals surface area contributed by atoms with Crippen LogP contribution in [0.3, 0.4) is 0 Å². The number of β-amino-alcohol motifs (C(OH)–C–C–N with tert-alkyl or cyclic N) is 1. The van der Waals surface area contributed by atoms with Crippen LogP contribution in [-0.2, 0) is 23.0 Å². The van der Waals surface area contributed by atoms with E-state index in [1.54, 1.807) is 24.3 Å². The van der Waals surface area contributed by atoms with Crippen LogP contribution in [0.4, 0.5) is 0 Å². The molecule has 0 amide bonds. The molecule has 202 valence electrons. The molecular weight excluding hydrogens is 570 g/mol. The SMILES string of the molecule is O=S(=O)(N[C@@H](Cc1ccccc1)[C@H](O)CN1CCN(Cc2ccc3c(c2)OCO3)CC1)c1ccc(Br)cc1. The van der Waals surface area contributed by atoms with Gasteiger partial charge in [0.1, 0.15) is 0 Å². The zero-order valence-corrected chi connectivity index (χ0v) is 23.4. The van der Waals surface area contributed by atoms with E-state index in [0.29, 0.717) is 13.0 Å².